The number of likely N-dealkylation sites (tertiary alicyclic amines) is 1. The average molecular weight is 393 g/mol. The lowest BCUT2D eigenvalue weighted by Crippen LogP contribution is -2.40. The van der Waals surface area contributed by atoms with Crippen molar-refractivity contribution in [2.75, 3.05) is 18.4 Å². The zero-order chi connectivity index (χ0) is 19.0. The maximum Gasteiger partial charge on any atom is 0.226 e. The van der Waals surface area contributed by atoms with Crippen LogP contribution in [0.2, 0.25) is 5.02 Å². The number of anilines is 1. The number of piperidine rings is 1. The number of rotatable bonds is 5. The van der Waals surface area contributed by atoms with Crippen molar-refractivity contribution in [1.82, 2.24) is 4.90 Å². The lowest BCUT2D eigenvalue weighted by atomic mass is 9.79. The summed E-state index contributed by atoms with van der Waals surface area (Å²) in [6.45, 7) is 1.65. The van der Waals surface area contributed by atoms with Crippen molar-refractivity contribution < 1.29 is 14.0 Å². The number of carbonyl (C=O) groups excluding carboxylic acids is 2. The molecule has 1 saturated heterocycles. The summed E-state index contributed by atoms with van der Waals surface area (Å²) in [5, 5.41) is 2.77. The van der Waals surface area contributed by atoms with Crippen molar-refractivity contribution in [3.8, 4) is 0 Å². The Labute approximate surface area is 164 Å². The number of hydrogen-bond donors (Lipinski definition) is 1. The Balaban J connectivity index is 1.17. The van der Waals surface area contributed by atoms with Crippen LogP contribution in [0.1, 0.15) is 51.4 Å². The van der Waals surface area contributed by atoms with Crippen LogP contribution < -0.4 is 5.32 Å². The number of hydrogen-bond acceptors (Lipinski definition) is 2. The third-order valence-corrected chi connectivity index (χ3v) is 7.04. The van der Waals surface area contributed by atoms with Gasteiger partial charge in [0.05, 0.1) is 5.02 Å². The van der Waals surface area contributed by atoms with Crippen LogP contribution in [0.25, 0.3) is 0 Å². The van der Waals surface area contributed by atoms with Gasteiger partial charge in [0.15, 0.2) is 0 Å². The average Bonchev–Trinajstić information content (AvgIpc) is 3.40. The lowest BCUT2D eigenvalue weighted by Gasteiger charge is -2.34. The molecule has 146 valence electrons. The van der Waals surface area contributed by atoms with Crippen LogP contribution >= 0.6 is 11.6 Å². The van der Waals surface area contributed by atoms with Gasteiger partial charge in [-0.25, -0.2) is 4.39 Å². The molecule has 3 aliphatic rings. The smallest absolute Gasteiger partial charge is 0.226 e. The molecule has 0 bridgehead atoms. The Morgan fingerprint density at radius 3 is 2.59 bits per heavy atom. The standard InChI is InChI=1S/C21H26ClFN2O2/c22-17-12-15(3-4-18(17)23)24-19(26)5-2-14-6-10-25(11-7-14)20(27)16-13-21(16)8-1-9-21/h3-4,12,14,16H,1-2,5-11,13H2,(H,24,26)/t16-/m0/s1. The van der Waals surface area contributed by atoms with Gasteiger partial charge in [-0.15, -0.1) is 0 Å². The number of benzene rings is 1. The summed E-state index contributed by atoms with van der Waals surface area (Å²) in [6, 6.07) is 4.18. The van der Waals surface area contributed by atoms with E-state index in [9.17, 15) is 14.0 Å². The quantitative estimate of drug-likeness (QED) is 0.794. The Morgan fingerprint density at radius 2 is 2.00 bits per heavy atom. The molecule has 1 aromatic carbocycles. The summed E-state index contributed by atoms with van der Waals surface area (Å²) in [7, 11) is 0. The van der Waals surface area contributed by atoms with Crippen LogP contribution in [0.4, 0.5) is 10.1 Å². The predicted octanol–water partition coefficient (Wildman–Crippen LogP) is 4.63. The predicted molar refractivity (Wildman–Crippen MR) is 103 cm³/mol. The Morgan fingerprint density at radius 1 is 1.26 bits per heavy atom. The van der Waals surface area contributed by atoms with E-state index in [0.29, 0.717) is 35.3 Å². The zero-order valence-electron chi connectivity index (χ0n) is 15.5. The van der Waals surface area contributed by atoms with E-state index in [0.717, 1.165) is 38.8 Å². The minimum Gasteiger partial charge on any atom is -0.342 e. The number of nitrogens with zero attached hydrogens (tertiary/aromatic N) is 1. The molecule has 2 saturated carbocycles. The fraction of sp³-hybridized carbons (Fsp3) is 0.619. The largest absolute Gasteiger partial charge is 0.342 e. The molecule has 1 aliphatic heterocycles. The van der Waals surface area contributed by atoms with E-state index in [2.05, 4.69) is 10.2 Å². The molecule has 6 heteroatoms. The normalized spacial score (nSPS) is 23.8. The molecule has 0 aromatic heterocycles. The Hall–Kier alpha value is -1.62. The van der Waals surface area contributed by atoms with Crippen LogP contribution in [0.3, 0.4) is 0 Å². The molecule has 3 fully saturated rings. The first kappa shape index (κ1) is 18.7. The highest BCUT2D eigenvalue weighted by molar-refractivity contribution is 6.31. The van der Waals surface area contributed by atoms with Gasteiger partial charge in [-0.1, -0.05) is 18.0 Å². The van der Waals surface area contributed by atoms with Gasteiger partial charge in [0.2, 0.25) is 11.8 Å². The van der Waals surface area contributed by atoms with Gasteiger partial charge < -0.3 is 10.2 Å². The van der Waals surface area contributed by atoms with E-state index in [-0.39, 0.29) is 10.9 Å². The molecule has 1 heterocycles. The van der Waals surface area contributed by atoms with Crippen LogP contribution in [0.5, 0.6) is 0 Å². The van der Waals surface area contributed by atoms with Gasteiger partial charge in [-0.3, -0.25) is 9.59 Å². The fourth-order valence-electron chi connectivity index (χ4n) is 4.68. The van der Waals surface area contributed by atoms with Crippen molar-refractivity contribution in [3.05, 3.63) is 29.0 Å². The van der Waals surface area contributed by atoms with Crippen LogP contribution in [-0.2, 0) is 9.59 Å². The van der Waals surface area contributed by atoms with Gasteiger partial charge in [-0.2, -0.15) is 0 Å². The van der Waals surface area contributed by atoms with E-state index in [4.69, 9.17) is 11.6 Å². The first-order valence-corrected chi connectivity index (χ1v) is 10.4. The minimum absolute atomic E-state index is 0.00387. The van der Waals surface area contributed by atoms with Crippen molar-refractivity contribution in [2.45, 2.75) is 51.4 Å². The maximum atomic E-state index is 13.2. The Bertz CT molecular complexity index is 742. The van der Waals surface area contributed by atoms with Crippen LogP contribution in [-0.4, -0.2) is 29.8 Å². The molecular formula is C21H26ClFN2O2. The summed E-state index contributed by atoms with van der Waals surface area (Å²) < 4.78 is 13.2. The summed E-state index contributed by atoms with van der Waals surface area (Å²) in [6.07, 6.45) is 8.08. The first-order valence-electron chi connectivity index (χ1n) is 10.0. The van der Waals surface area contributed by atoms with E-state index in [1.807, 2.05) is 0 Å². The highest BCUT2D eigenvalue weighted by Crippen LogP contribution is 2.66. The van der Waals surface area contributed by atoms with E-state index in [1.54, 1.807) is 0 Å². The third-order valence-electron chi connectivity index (χ3n) is 6.75. The van der Waals surface area contributed by atoms with E-state index >= 15 is 0 Å². The SMILES string of the molecule is O=C(CCC1CCN(C(=O)[C@@H]2CC23CCC3)CC1)Nc1ccc(F)c(Cl)c1. The molecule has 1 N–H and O–H groups in total. The maximum absolute atomic E-state index is 13.2. The second kappa shape index (κ2) is 7.42. The molecule has 0 unspecified atom stereocenters. The van der Waals surface area contributed by atoms with Crippen molar-refractivity contribution in [3.63, 3.8) is 0 Å². The van der Waals surface area contributed by atoms with Crippen molar-refractivity contribution in [1.29, 1.82) is 0 Å². The molecule has 4 nitrogen and oxygen atoms in total. The minimum atomic E-state index is -0.495. The van der Waals surface area contributed by atoms with Crippen molar-refractivity contribution >= 4 is 29.1 Å². The molecule has 1 spiro atoms. The summed E-state index contributed by atoms with van der Waals surface area (Å²) in [5.41, 5.74) is 0.913. The van der Waals surface area contributed by atoms with Gasteiger partial charge in [0.1, 0.15) is 5.82 Å². The molecule has 2 amide bonds. The molecule has 2 aliphatic carbocycles. The monoisotopic (exact) mass is 392 g/mol. The summed E-state index contributed by atoms with van der Waals surface area (Å²) >= 11 is 5.73. The van der Waals surface area contributed by atoms with Gasteiger partial charge in [0, 0.05) is 31.1 Å². The number of halogens is 2. The molecule has 1 atom stereocenters. The fourth-order valence-corrected chi connectivity index (χ4v) is 4.86. The topological polar surface area (TPSA) is 49.4 Å². The van der Waals surface area contributed by atoms with Crippen LogP contribution in [0, 0.1) is 23.1 Å². The third kappa shape index (κ3) is 3.98. The second-order valence-electron chi connectivity index (χ2n) is 8.46. The molecule has 27 heavy (non-hydrogen) atoms. The van der Waals surface area contributed by atoms with E-state index in [1.165, 1.54) is 37.5 Å². The summed E-state index contributed by atoms with van der Waals surface area (Å²) in [4.78, 5) is 26.8. The Kier molecular flexibility index (Phi) is 5.15. The lowest BCUT2D eigenvalue weighted by molar-refractivity contribution is -0.135. The summed E-state index contributed by atoms with van der Waals surface area (Å²) in [5.74, 6) is 0.579. The van der Waals surface area contributed by atoms with Gasteiger partial charge in [0.25, 0.3) is 0 Å². The number of amides is 2. The number of carbonyl (C=O) groups is 2. The van der Waals surface area contributed by atoms with Crippen LogP contribution in [0.15, 0.2) is 18.2 Å². The van der Waals surface area contributed by atoms with Gasteiger partial charge in [-0.05, 0) is 68.1 Å². The first-order chi connectivity index (χ1) is 13.0. The highest BCUT2D eigenvalue weighted by atomic mass is 35.5. The van der Waals surface area contributed by atoms with E-state index < -0.39 is 5.82 Å². The highest BCUT2D eigenvalue weighted by Gasteiger charge is 2.61. The number of nitrogens with one attached hydrogen (secondary N) is 1. The molecule has 0 radical (unpaired) electrons. The zero-order valence-corrected chi connectivity index (χ0v) is 16.2. The molecular weight excluding hydrogens is 367 g/mol. The second-order valence-corrected chi connectivity index (χ2v) is 8.86. The van der Waals surface area contributed by atoms with Crippen molar-refractivity contribution in [2.24, 2.45) is 17.3 Å². The van der Waals surface area contributed by atoms with Gasteiger partial charge >= 0.3 is 0 Å². The molecule has 1 aromatic rings. The molecule has 4 rings (SSSR count).